The molecule has 0 unspecified atom stereocenters. The third-order valence-electron chi connectivity index (χ3n) is 10.1. The van der Waals surface area contributed by atoms with E-state index in [1.807, 2.05) is 60.7 Å². The molecule has 3 nitrogen and oxygen atoms in total. The van der Waals surface area contributed by atoms with Crippen LogP contribution in [-0.4, -0.2) is 15.0 Å². The van der Waals surface area contributed by atoms with Crippen molar-refractivity contribution >= 4 is 43.1 Å². The second kappa shape index (κ2) is 12.4. The Morgan fingerprint density at radius 3 is 1.13 bits per heavy atom. The molecule has 1 heterocycles. The van der Waals surface area contributed by atoms with Gasteiger partial charge in [-0.15, -0.1) is 0 Å². The Kier molecular flexibility index (Phi) is 7.14. The average molecular weight is 662 g/mol. The maximum atomic E-state index is 5.10. The number of aromatic nitrogens is 3. The summed E-state index contributed by atoms with van der Waals surface area (Å²) < 4.78 is 0. The van der Waals surface area contributed by atoms with Gasteiger partial charge in [-0.25, -0.2) is 15.0 Å². The van der Waals surface area contributed by atoms with Crippen LogP contribution in [-0.2, 0) is 0 Å². The van der Waals surface area contributed by atoms with Gasteiger partial charge in [0.2, 0.25) is 0 Å². The molecule has 0 aliphatic rings. The first kappa shape index (κ1) is 29.9. The van der Waals surface area contributed by atoms with Crippen LogP contribution in [0.3, 0.4) is 0 Å². The zero-order valence-electron chi connectivity index (χ0n) is 28.2. The van der Waals surface area contributed by atoms with Gasteiger partial charge in [-0.05, 0) is 71.4 Å². The fourth-order valence-corrected chi connectivity index (χ4v) is 7.79. The quantitative estimate of drug-likeness (QED) is 0.172. The van der Waals surface area contributed by atoms with Crippen LogP contribution in [0, 0.1) is 0 Å². The lowest BCUT2D eigenvalue weighted by molar-refractivity contribution is 1.08. The van der Waals surface area contributed by atoms with Crippen LogP contribution in [0.4, 0.5) is 0 Å². The van der Waals surface area contributed by atoms with Crippen LogP contribution in [0.1, 0.15) is 0 Å². The van der Waals surface area contributed by atoms with Crippen molar-refractivity contribution in [3.8, 4) is 56.4 Å². The molecule has 1 aromatic heterocycles. The average Bonchev–Trinajstić information content (AvgIpc) is 3.23. The topological polar surface area (TPSA) is 38.7 Å². The van der Waals surface area contributed by atoms with Gasteiger partial charge in [0, 0.05) is 16.7 Å². The zero-order valence-corrected chi connectivity index (χ0v) is 28.2. The summed E-state index contributed by atoms with van der Waals surface area (Å²) in [6, 6.07) is 66.5. The summed E-state index contributed by atoms with van der Waals surface area (Å²) >= 11 is 0. The highest BCUT2D eigenvalue weighted by Gasteiger charge is 2.21. The second-order valence-corrected chi connectivity index (χ2v) is 13.1. The Balaban J connectivity index is 1.24. The van der Waals surface area contributed by atoms with E-state index in [1.54, 1.807) is 0 Å². The minimum Gasteiger partial charge on any atom is -0.208 e. The molecule has 10 rings (SSSR count). The molecule has 0 aliphatic heterocycles. The van der Waals surface area contributed by atoms with Crippen LogP contribution < -0.4 is 0 Å². The first-order chi connectivity index (χ1) is 25.8. The zero-order chi connectivity index (χ0) is 34.4. The van der Waals surface area contributed by atoms with Gasteiger partial charge in [0.05, 0.1) is 0 Å². The highest BCUT2D eigenvalue weighted by atomic mass is 15.0. The van der Waals surface area contributed by atoms with Crippen LogP contribution in [0.5, 0.6) is 0 Å². The first-order valence-electron chi connectivity index (χ1n) is 17.6. The molecular weight excluding hydrogens is 631 g/mol. The van der Waals surface area contributed by atoms with Crippen molar-refractivity contribution in [1.29, 1.82) is 0 Å². The highest BCUT2D eigenvalue weighted by molar-refractivity contribution is 6.25. The van der Waals surface area contributed by atoms with E-state index in [1.165, 1.54) is 54.6 Å². The Bertz CT molecular complexity index is 2830. The van der Waals surface area contributed by atoms with E-state index >= 15 is 0 Å². The highest BCUT2D eigenvalue weighted by Crippen LogP contribution is 2.47. The molecule has 0 atom stereocenters. The third-order valence-corrected chi connectivity index (χ3v) is 10.1. The van der Waals surface area contributed by atoms with Crippen molar-refractivity contribution in [2.24, 2.45) is 0 Å². The van der Waals surface area contributed by atoms with Crippen molar-refractivity contribution < 1.29 is 0 Å². The van der Waals surface area contributed by atoms with E-state index in [0.717, 1.165) is 27.5 Å². The lowest BCUT2D eigenvalue weighted by Gasteiger charge is -2.20. The van der Waals surface area contributed by atoms with Gasteiger partial charge in [0.1, 0.15) is 0 Å². The standard InChI is InChI=1S/C49H31N3/c1-3-17-33(18-4-1)47-50-48(34-19-5-2-6-20-34)52-49(51-47)44-31-30-43(36-23-9-10-24-37(36)44)46-41-27-13-11-25-39(41)45(40-26-12-14-28-42(40)46)38-29-15-21-32-16-7-8-22-35(32)38/h1-31H. The fraction of sp³-hybridized carbons (Fsp3) is 0. The molecule has 0 N–H and O–H groups in total. The molecule has 0 radical (unpaired) electrons. The minimum absolute atomic E-state index is 0.650. The summed E-state index contributed by atoms with van der Waals surface area (Å²) in [5.41, 5.74) is 7.79. The Morgan fingerprint density at radius 1 is 0.231 bits per heavy atom. The molecule has 0 fully saturated rings. The van der Waals surface area contributed by atoms with Gasteiger partial charge in [-0.2, -0.15) is 0 Å². The summed E-state index contributed by atoms with van der Waals surface area (Å²) in [6.07, 6.45) is 0. The number of hydrogen-bond acceptors (Lipinski definition) is 3. The molecule has 0 bridgehead atoms. The van der Waals surface area contributed by atoms with E-state index in [2.05, 4.69) is 127 Å². The maximum absolute atomic E-state index is 5.10. The molecule has 0 amide bonds. The minimum atomic E-state index is 0.650. The van der Waals surface area contributed by atoms with Gasteiger partial charge in [0.15, 0.2) is 17.5 Å². The van der Waals surface area contributed by atoms with Gasteiger partial charge >= 0.3 is 0 Å². The predicted molar refractivity (Wildman–Crippen MR) is 217 cm³/mol. The lowest BCUT2D eigenvalue weighted by atomic mass is 9.83. The molecule has 0 aliphatic carbocycles. The van der Waals surface area contributed by atoms with Crippen LogP contribution in [0.15, 0.2) is 188 Å². The number of benzene rings is 9. The molecule has 0 spiro atoms. The van der Waals surface area contributed by atoms with Gasteiger partial charge < -0.3 is 0 Å². The molecule has 3 heteroatoms. The van der Waals surface area contributed by atoms with Crippen molar-refractivity contribution in [2.75, 3.05) is 0 Å². The SMILES string of the molecule is c1ccc(-c2nc(-c3ccccc3)nc(-c3ccc(-c4c5ccccc5c(-c5cccc6ccccc56)c5ccccc45)c4ccccc34)n2)cc1. The summed E-state index contributed by atoms with van der Waals surface area (Å²) in [7, 11) is 0. The van der Waals surface area contributed by atoms with Crippen molar-refractivity contribution in [2.45, 2.75) is 0 Å². The molecule has 0 saturated carbocycles. The molecule has 242 valence electrons. The summed E-state index contributed by atoms with van der Waals surface area (Å²) in [4.78, 5) is 15.1. The molecule has 10 aromatic rings. The molecular formula is C49H31N3. The van der Waals surface area contributed by atoms with Crippen molar-refractivity contribution in [1.82, 2.24) is 15.0 Å². The smallest absolute Gasteiger partial charge is 0.164 e. The Labute approximate surface area is 301 Å². The second-order valence-electron chi connectivity index (χ2n) is 13.1. The molecule has 9 aromatic carbocycles. The van der Waals surface area contributed by atoms with E-state index in [4.69, 9.17) is 15.0 Å². The Hall–Kier alpha value is -6.97. The number of nitrogens with zero attached hydrogens (tertiary/aromatic N) is 3. The number of hydrogen-bond donors (Lipinski definition) is 0. The number of rotatable bonds is 5. The van der Waals surface area contributed by atoms with Crippen molar-refractivity contribution in [3.05, 3.63) is 188 Å². The largest absolute Gasteiger partial charge is 0.208 e. The van der Waals surface area contributed by atoms with Gasteiger partial charge in [0.25, 0.3) is 0 Å². The summed E-state index contributed by atoms with van der Waals surface area (Å²) in [5, 5.41) is 9.65. The van der Waals surface area contributed by atoms with E-state index in [0.29, 0.717) is 17.5 Å². The monoisotopic (exact) mass is 661 g/mol. The van der Waals surface area contributed by atoms with E-state index in [-0.39, 0.29) is 0 Å². The predicted octanol–water partition coefficient (Wildman–Crippen LogP) is 12.8. The van der Waals surface area contributed by atoms with Gasteiger partial charge in [-0.1, -0.05) is 182 Å². The Morgan fingerprint density at radius 2 is 0.596 bits per heavy atom. The van der Waals surface area contributed by atoms with Crippen LogP contribution >= 0.6 is 0 Å². The third kappa shape index (κ3) is 4.94. The lowest BCUT2D eigenvalue weighted by Crippen LogP contribution is -2.00. The van der Waals surface area contributed by atoms with Gasteiger partial charge in [-0.3, -0.25) is 0 Å². The van der Waals surface area contributed by atoms with Crippen LogP contribution in [0.2, 0.25) is 0 Å². The fourth-order valence-electron chi connectivity index (χ4n) is 7.79. The summed E-state index contributed by atoms with van der Waals surface area (Å²) in [6.45, 7) is 0. The number of fused-ring (bicyclic) bond motifs is 4. The molecule has 52 heavy (non-hydrogen) atoms. The first-order valence-corrected chi connectivity index (χ1v) is 17.6. The van der Waals surface area contributed by atoms with E-state index in [9.17, 15) is 0 Å². The molecule has 0 saturated heterocycles. The normalized spacial score (nSPS) is 11.5. The van der Waals surface area contributed by atoms with E-state index < -0.39 is 0 Å². The van der Waals surface area contributed by atoms with Crippen LogP contribution in [0.25, 0.3) is 99.5 Å². The summed E-state index contributed by atoms with van der Waals surface area (Å²) in [5.74, 6) is 1.95. The van der Waals surface area contributed by atoms with Crippen molar-refractivity contribution in [3.63, 3.8) is 0 Å². The maximum Gasteiger partial charge on any atom is 0.164 e.